The highest BCUT2D eigenvalue weighted by atomic mass is 16.6. The average molecular weight is 102 g/mol. The molecule has 7 heavy (non-hydrogen) atoms. The molecule has 0 aliphatic heterocycles. The Morgan fingerprint density at radius 1 is 1.43 bits per heavy atom. The van der Waals surface area contributed by atoms with Crippen LogP contribution in [0.3, 0.4) is 0 Å². The largest absolute Gasteiger partial charge is 0.282 e. The molecule has 0 heterocycles. The predicted molar refractivity (Wildman–Crippen MR) is 28.9 cm³/mol. The van der Waals surface area contributed by atoms with Crippen LogP contribution in [0.2, 0.25) is 0 Å². The number of hydrogen-bond acceptors (Lipinski definition) is 1. The van der Waals surface area contributed by atoms with Crippen LogP contribution >= 0.6 is 0 Å². The van der Waals surface area contributed by atoms with Gasteiger partial charge in [0.25, 0.3) is 0 Å². The minimum atomic E-state index is 0.758. The lowest BCUT2D eigenvalue weighted by molar-refractivity contribution is 0.0369. The van der Waals surface area contributed by atoms with Crippen molar-refractivity contribution in [1.82, 2.24) is 5.48 Å². The third kappa shape index (κ3) is 5.92. The summed E-state index contributed by atoms with van der Waals surface area (Å²) < 4.78 is 0. The van der Waals surface area contributed by atoms with E-state index in [-0.39, 0.29) is 0 Å². The normalized spacial score (nSPS) is 9.43. The minimum absolute atomic E-state index is 0.758. The zero-order valence-corrected chi connectivity index (χ0v) is 4.98. The van der Waals surface area contributed by atoms with Crippen molar-refractivity contribution >= 4 is 0 Å². The molecule has 0 aliphatic carbocycles. The molecule has 0 atom stereocenters. The van der Waals surface area contributed by atoms with E-state index >= 15 is 0 Å². The van der Waals surface area contributed by atoms with Crippen LogP contribution < -0.4 is 5.48 Å². The Morgan fingerprint density at radius 3 is 2.57 bits per heavy atom. The van der Waals surface area contributed by atoms with Crippen LogP contribution in [0.25, 0.3) is 0 Å². The molecular weight excluding hydrogens is 90.1 g/mol. The van der Waals surface area contributed by atoms with Gasteiger partial charge >= 0.3 is 0 Å². The third-order valence-corrected chi connectivity index (χ3v) is 0.516. The fraction of sp³-hybridized carbons (Fsp3) is 1.00. The van der Waals surface area contributed by atoms with Gasteiger partial charge in [0.15, 0.2) is 0 Å². The Bertz CT molecular complexity index is 27.3. The van der Waals surface area contributed by atoms with Crippen molar-refractivity contribution in [2.24, 2.45) is 0 Å². The molecule has 0 saturated heterocycles. The molecule has 0 aliphatic rings. The lowest BCUT2D eigenvalue weighted by Crippen LogP contribution is -2.04. The number of rotatable bonds is 4. The fourth-order valence-corrected chi connectivity index (χ4v) is 0.247. The van der Waals surface area contributed by atoms with Gasteiger partial charge in [0.2, 0.25) is 0 Å². The summed E-state index contributed by atoms with van der Waals surface area (Å²) in [5, 5.41) is 0. The van der Waals surface area contributed by atoms with Gasteiger partial charge in [-0.25, -0.2) is 0 Å². The summed E-state index contributed by atoms with van der Waals surface area (Å²) >= 11 is 0. The summed E-state index contributed by atoms with van der Waals surface area (Å²) in [5.74, 6) is 0. The van der Waals surface area contributed by atoms with Crippen LogP contribution in [0.5, 0.6) is 0 Å². The van der Waals surface area contributed by atoms with Gasteiger partial charge in [0.05, 0.1) is 6.61 Å². The van der Waals surface area contributed by atoms with Crippen LogP contribution in [0, 0.1) is 0 Å². The third-order valence-electron chi connectivity index (χ3n) is 0.516. The Hall–Kier alpha value is -0.0800. The molecule has 0 fully saturated rings. The molecular formula is C5H12NO. The molecule has 0 rings (SSSR count). The molecule has 0 aromatic carbocycles. The van der Waals surface area contributed by atoms with E-state index < -0.39 is 0 Å². The van der Waals surface area contributed by atoms with Crippen molar-refractivity contribution in [3.63, 3.8) is 0 Å². The molecule has 0 N–H and O–H groups in total. The first-order valence-corrected chi connectivity index (χ1v) is 2.70. The second kappa shape index (κ2) is 5.92. The monoisotopic (exact) mass is 102 g/mol. The van der Waals surface area contributed by atoms with E-state index in [2.05, 4.69) is 12.4 Å². The molecule has 0 unspecified atom stereocenters. The van der Waals surface area contributed by atoms with E-state index in [0.717, 1.165) is 19.6 Å². The van der Waals surface area contributed by atoms with Crippen LogP contribution in [0.1, 0.15) is 20.3 Å². The van der Waals surface area contributed by atoms with Crippen molar-refractivity contribution in [1.29, 1.82) is 0 Å². The molecule has 43 valence electrons. The molecule has 0 saturated carbocycles. The maximum absolute atomic E-state index is 4.76. The number of hydroxylamine groups is 1. The highest BCUT2D eigenvalue weighted by Crippen LogP contribution is 1.74. The van der Waals surface area contributed by atoms with Crippen molar-refractivity contribution in [2.45, 2.75) is 20.3 Å². The van der Waals surface area contributed by atoms with Gasteiger partial charge in [-0.2, -0.15) is 0 Å². The Balaban J connectivity index is 2.45. The van der Waals surface area contributed by atoms with E-state index in [1.54, 1.807) is 0 Å². The molecule has 0 aromatic rings. The van der Waals surface area contributed by atoms with Gasteiger partial charge in [0, 0.05) is 6.54 Å². The predicted octanol–water partition coefficient (Wildman–Crippen LogP) is 0.952. The van der Waals surface area contributed by atoms with Crippen LogP contribution in [0.4, 0.5) is 0 Å². The average Bonchev–Trinajstić information content (AvgIpc) is 1.69. The van der Waals surface area contributed by atoms with Crippen molar-refractivity contribution < 1.29 is 4.84 Å². The molecule has 2 nitrogen and oxygen atoms in total. The molecule has 0 amide bonds. The highest BCUT2D eigenvalue weighted by Gasteiger charge is 1.78. The fourth-order valence-electron chi connectivity index (χ4n) is 0.247. The van der Waals surface area contributed by atoms with Gasteiger partial charge in [-0.05, 0) is 13.3 Å². The zero-order chi connectivity index (χ0) is 5.54. The Morgan fingerprint density at radius 2 is 2.14 bits per heavy atom. The summed E-state index contributed by atoms with van der Waals surface area (Å²) in [6.45, 7) is 5.54. The summed E-state index contributed by atoms with van der Waals surface area (Å²) in [4.78, 5) is 4.76. The second-order valence-electron chi connectivity index (χ2n) is 1.28. The quantitative estimate of drug-likeness (QED) is 0.383. The molecule has 0 bridgehead atoms. The van der Waals surface area contributed by atoms with Crippen molar-refractivity contribution in [2.75, 3.05) is 13.2 Å². The lowest BCUT2D eigenvalue weighted by Gasteiger charge is -1.94. The summed E-state index contributed by atoms with van der Waals surface area (Å²) in [6, 6.07) is 0. The first-order chi connectivity index (χ1) is 3.41. The first-order valence-electron chi connectivity index (χ1n) is 2.70. The smallest absolute Gasteiger partial charge is 0.0700 e. The SMILES string of the molecule is CCCO[N]CC. The Labute approximate surface area is 44.8 Å². The topological polar surface area (TPSA) is 23.3 Å². The van der Waals surface area contributed by atoms with Gasteiger partial charge in [-0.3, -0.25) is 4.84 Å². The van der Waals surface area contributed by atoms with Crippen LogP contribution in [0.15, 0.2) is 0 Å². The van der Waals surface area contributed by atoms with Crippen molar-refractivity contribution in [3.8, 4) is 0 Å². The summed E-state index contributed by atoms with van der Waals surface area (Å²) in [5.41, 5.74) is 3.66. The van der Waals surface area contributed by atoms with Gasteiger partial charge < -0.3 is 0 Å². The Kier molecular flexibility index (Phi) is 5.85. The molecule has 2 heteroatoms. The first kappa shape index (κ1) is 6.92. The van der Waals surface area contributed by atoms with E-state index in [1.807, 2.05) is 6.92 Å². The van der Waals surface area contributed by atoms with E-state index in [1.165, 1.54) is 0 Å². The lowest BCUT2D eigenvalue weighted by atomic mass is 10.5. The van der Waals surface area contributed by atoms with E-state index in [9.17, 15) is 0 Å². The summed E-state index contributed by atoms with van der Waals surface area (Å²) in [6.07, 6.45) is 1.05. The number of nitrogens with zero attached hydrogens (tertiary/aromatic N) is 1. The maximum Gasteiger partial charge on any atom is 0.0700 e. The summed E-state index contributed by atoms with van der Waals surface area (Å²) in [7, 11) is 0. The molecule has 0 spiro atoms. The van der Waals surface area contributed by atoms with Gasteiger partial charge in [0.1, 0.15) is 0 Å². The highest BCUT2D eigenvalue weighted by molar-refractivity contribution is 4.19. The van der Waals surface area contributed by atoms with Gasteiger partial charge in [-0.15, -0.1) is 0 Å². The maximum atomic E-state index is 4.76. The number of hydrogen-bond donors (Lipinski definition) is 0. The second-order valence-corrected chi connectivity index (χ2v) is 1.28. The molecule has 1 radical (unpaired) electrons. The zero-order valence-electron chi connectivity index (χ0n) is 4.98. The molecule has 0 aromatic heterocycles. The van der Waals surface area contributed by atoms with E-state index in [4.69, 9.17) is 4.84 Å². The van der Waals surface area contributed by atoms with Crippen LogP contribution in [-0.4, -0.2) is 13.2 Å². The van der Waals surface area contributed by atoms with Crippen LogP contribution in [-0.2, 0) is 4.84 Å². The standard InChI is InChI=1S/C5H12NO/c1-3-5-7-6-4-2/h3-5H2,1-2H3. The van der Waals surface area contributed by atoms with Gasteiger partial charge in [-0.1, -0.05) is 12.4 Å². The van der Waals surface area contributed by atoms with E-state index in [0.29, 0.717) is 0 Å². The minimum Gasteiger partial charge on any atom is -0.282 e. The van der Waals surface area contributed by atoms with Crippen molar-refractivity contribution in [3.05, 3.63) is 0 Å².